The molecule has 0 bridgehead atoms. The van der Waals surface area contributed by atoms with Gasteiger partial charge >= 0.3 is 5.97 Å². The number of rotatable bonds is 7. The van der Waals surface area contributed by atoms with Crippen molar-refractivity contribution in [3.63, 3.8) is 0 Å². The first-order valence-corrected chi connectivity index (χ1v) is 7.48. The van der Waals surface area contributed by atoms with E-state index in [1.807, 2.05) is 7.05 Å². The highest BCUT2D eigenvalue weighted by atomic mass is 16.5. The molecule has 1 aromatic carbocycles. The van der Waals surface area contributed by atoms with Crippen LogP contribution in [0.2, 0.25) is 0 Å². The Morgan fingerprint density at radius 2 is 1.92 bits per heavy atom. The second kappa shape index (κ2) is 8.59. The summed E-state index contributed by atoms with van der Waals surface area (Å²) in [6.45, 7) is 0.750. The summed E-state index contributed by atoms with van der Waals surface area (Å²) in [7, 11) is 1.83. The molecule has 0 aliphatic carbocycles. The summed E-state index contributed by atoms with van der Waals surface area (Å²) in [6.07, 6.45) is 1.02. The van der Waals surface area contributed by atoms with Gasteiger partial charge < -0.3 is 21.5 Å². The molecule has 8 heteroatoms. The summed E-state index contributed by atoms with van der Waals surface area (Å²) in [6, 6.07) is 10.1. The molecule has 0 spiro atoms. The minimum absolute atomic E-state index is 0.181. The van der Waals surface area contributed by atoms with Crippen molar-refractivity contribution < 1.29 is 9.53 Å². The Kier molecular flexibility index (Phi) is 6.21. The van der Waals surface area contributed by atoms with Gasteiger partial charge in [0.1, 0.15) is 17.2 Å². The molecule has 0 aliphatic rings. The molecule has 0 aliphatic heterocycles. The highest BCUT2D eigenvalue weighted by Crippen LogP contribution is 2.30. The summed E-state index contributed by atoms with van der Waals surface area (Å²) in [5.41, 5.74) is 12.1. The fourth-order valence-electron chi connectivity index (χ4n) is 1.88. The van der Waals surface area contributed by atoms with Crippen molar-refractivity contribution in [1.29, 1.82) is 0 Å². The summed E-state index contributed by atoms with van der Waals surface area (Å²) in [5.74, 6) is 0.516. The van der Waals surface area contributed by atoms with Crippen molar-refractivity contribution in [1.82, 2.24) is 10.3 Å². The first-order valence-electron chi connectivity index (χ1n) is 7.48. The number of nitrogens with zero attached hydrogens (tertiary/aromatic N) is 3. The van der Waals surface area contributed by atoms with Gasteiger partial charge in [-0.2, -0.15) is 0 Å². The van der Waals surface area contributed by atoms with Crippen LogP contribution in [0.15, 0.2) is 46.6 Å². The molecule has 0 atom stereocenters. The fraction of sp³-hybridized carbons (Fsp3) is 0.250. The number of esters is 1. The van der Waals surface area contributed by atoms with Gasteiger partial charge in [0.05, 0.1) is 0 Å². The molecule has 126 valence electrons. The highest BCUT2D eigenvalue weighted by Gasteiger charge is 2.09. The number of nitrogens with two attached hydrogens (primary N) is 2. The number of nitrogen functional groups attached to an aromatic ring is 2. The number of benzene rings is 1. The van der Waals surface area contributed by atoms with Gasteiger partial charge in [-0.15, -0.1) is 10.2 Å². The minimum Gasteiger partial charge on any atom is -0.424 e. The van der Waals surface area contributed by atoms with Gasteiger partial charge in [-0.1, -0.05) is 12.1 Å². The molecule has 5 N–H and O–H groups in total. The Balaban J connectivity index is 2.10. The molecule has 24 heavy (non-hydrogen) atoms. The number of anilines is 2. The summed E-state index contributed by atoms with van der Waals surface area (Å²) >= 11 is 0. The number of pyridine rings is 1. The maximum absolute atomic E-state index is 11.8. The zero-order valence-corrected chi connectivity index (χ0v) is 13.4. The standard InChI is InChI=1S/C16H20N6O2/c1-19-10-4-7-15(23)24-13-6-3-2-5-11(13)21-22-12-8-9-14(17)20-16(12)18/h2-3,5-6,8-9,19H,4,7,10H2,1H3,(H4,17,18,20)/b22-21+. The third-order valence-corrected chi connectivity index (χ3v) is 3.09. The van der Waals surface area contributed by atoms with Gasteiger partial charge in [0.15, 0.2) is 11.6 Å². The van der Waals surface area contributed by atoms with E-state index in [4.69, 9.17) is 16.2 Å². The Morgan fingerprint density at radius 1 is 1.17 bits per heavy atom. The van der Waals surface area contributed by atoms with Crippen LogP contribution in [0.5, 0.6) is 5.75 Å². The molecule has 1 aromatic heterocycles. The van der Waals surface area contributed by atoms with Crippen molar-refractivity contribution in [3.05, 3.63) is 36.4 Å². The maximum atomic E-state index is 11.8. The first-order chi connectivity index (χ1) is 11.6. The van der Waals surface area contributed by atoms with Gasteiger partial charge in [0.25, 0.3) is 0 Å². The third kappa shape index (κ3) is 5.03. The Labute approximate surface area is 139 Å². The topological polar surface area (TPSA) is 128 Å². The van der Waals surface area contributed by atoms with Crippen molar-refractivity contribution in [2.45, 2.75) is 12.8 Å². The van der Waals surface area contributed by atoms with Gasteiger partial charge in [0, 0.05) is 6.42 Å². The van der Waals surface area contributed by atoms with Crippen LogP contribution in [0.3, 0.4) is 0 Å². The molecule has 1 heterocycles. The zero-order valence-electron chi connectivity index (χ0n) is 13.4. The van der Waals surface area contributed by atoms with E-state index in [0.717, 1.165) is 6.54 Å². The number of carbonyl (C=O) groups is 1. The molecule has 0 radical (unpaired) electrons. The lowest BCUT2D eigenvalue weighted by Gasteiger charge is -2.06. The fourth-order valence-corrected chi connectivity index (χ4v) is 1.88. The monoisotopic (exact) mass is 328 g/mol. The van der Waals surface area contributed by atoms with E-state index >= 15 is 0 Å². The summed E-state index contributed by atoms with van der Waals surface area (Å²) in [4.78, 5) is 15.7. The predicted octanol–water partition coefficient (Wildman–Crippen LogP) is 2.57. The molecule has 2 rings (SSSR count). The van der Waals surface area contributed by atoms with E-state index in [9.17, 15) is 4.79 Å². The Morgan fingerprint density at radius 3 is 2.67 bits per heavy atom. The van der Waals surface area contributed by atoms with Crippen molar-refractivity contribution in [2.24, 2.45) is 10.2 Å². The van der Waals surface area contributed by atoms with E-state index in [-0.39, 0.29) is 11.8 Å². The van der Waals surface area contributed by atoms with Crippen LogP contribution >= 0.6 is 0 Å². The molecular weight excluding hydrogens is 308 g/mol. The van der Waals surface area contributed by atoms with E-state index in [1.165, 1.54) is 0 Å². The number of ether oxygens (including phenoxy) is 1. The van der Waals surface area contributed by atoms with Gasteiger partial charge in [-0.05, 0) is 44.3 Å². The second-order valence-corrected chi connectivity index (χ2v) is 4.99. The summed E-state index contributed by atoms with van der Waals surface area (Å²) < 4.78 is 5.34. The molecule has 0 saturated heterocycles. The van der Waals surface area contributed by atoms with Crippen LogP contribution in [0.25, 0.3) is 0 Å². The molecule has 8 nitrogen and oxygen atoms in total. The number of para-hydroxylation sites is 1. The second-order valence-electron chi connectivity index (χ2n) is 4.99. The molecule has 0 saturated carbocycles. The minimum atomic E-state index is -0.318. The Hall–Kier alpha value is -3.00. The van der Waals surface area contributed by atoms with Crippen LogP contribution in [0.4, 0.5) is 23.0 Å². The smallest absolute Gasteiger partial charge is 0.311 e. The number of carbonyl (C=O) groups excluding carboxylic acids is 1. The number of azo groups is 1. The van der Waals surface area contributed by atoms with Crippen molar-refractivity contribution in [3.8, 4) is 5.75 Å². The third-order valence-electron chi connectivity index (χ3n) is 3.09. The molecule has 0 amide bonds. The van der Waals surface area contributed by atoms with Gasteiger partial charge in [-0.25, -0.2) is 4.98 Å². The number of nitrogens with one attached hydrogen (secondary N) is 1. The van der Waals surface area contributed by atoms with E-state index in [2.05, 4.69) is 20.5 Å². The van der Waals surface area contributed by atoms with Crippen molar-refractivity contribution in [2.75, 3.05) is 25.1 Å². The number of aromatic nitrogens is 1. The molecule has 2 aromatic rings. The first kappa shape index (κ1) is 17.4. The van der Waals surface area contributed by atoms with Crippen LogP contribution in [0, 0.1) is 0 Å². The lowest BCUT2D eigenvalue weighted by molar-refractivity contribution is -0.134. The van der Waals surface area contributed by atoms with Gasteiger partial charge in [-0.3, -0.25) is 4.79 Å². The molecular formula is C16H20N6O2. The van der Waals surface area contributed by atoms with Gasteiger partial charge in [0.2, 0.25) is 0 Å². The molecule has 0 unspecified atom stereocenters. The highest BCUT2D eigenvalue weighted by molar-refractivity contribution is 5.74. The molecule has 0 fully saturated rings. The SMILES string of the molecule is CNCCCC(=O)Oc1ccccc1/N=N/c1ccc(N)nc1N. The average molecular weight is 328 g/mol. The van der Waals surface area contributed by atoms with Crippen molar-refractivity contribution >= 4 is 29.0 Å². The number of hydrogen-bond acceptors (Lipinski definition) is 8. The van der Waals surface area contributed by atoms with Crippen LogP contribution in [-0.2, 0) is 4.79 Å². The van der Waals surface area contributed by atoms with E-state index < -0.39 is 0 Å². The number of hydrogen-bond donors (Lipinski definition) is 3. The van der Waals surface area contributed by atoms with Crippen LogP contribution < -0.4 is 21.5 Å². The normalized spacial score (nSPS) is 10.9. The van der Waals surface area contributed by atoms with E-state index in [1.54, 1.807) is 36.4 Å². The average Bonchev–Trinajstić information content (AvgIpc) is 2.55. The van der Waals surface area contributed by atoms with Crippen LogP contribution in [0.1, 0.15) is 12.8 Å². The predicted molar refractivity (Wildman–Crippen MR) is 92.5 cm³/mol. The maximum Gasteiger partial charge on any atom is 0.311 e. The Bertz CT molecular complexity index is 732. The van der Waals surface area contributed by atoms with Crippen LogP contribution in [-0.4, -0.2) is 24.5 Å². The largest absolute Gasteiger partial charge is 0.424 e. The quantitative estimate of drug-likeness (QED) is 0.310. The lowest BCUT2D eigenvalue weighted by atomic mass is 10.3. The lowest BCUT2D eigenvalue weighted by Crippen LogP contribution is -2.13. The van der Waals surface area contributed by atoms with E-state index in [0.29, 0.717) is 35.8 Å². The summed E-state index contributed by atoms with van der Waals surface area (Å²) in [5, 5.41) is 11.1. The zero-order chi connectivity index (χ0) is 17.4.